The zero-order valence-corrected chi connectivity index (χ0v) is 17.4. The minimum Gasteiger partial charge on any atom is -0.366 e. The standard InChI is InChI=1S/C21H13ClN6O2S/c22-14-3-1-2-12(6-14)11-27-17-7-13(19(24)29)4-5-16(17)20(30)28(21(27)31)18-10-25-15(8-23)9-26-18/h1-7,9-10H,11H2,(H2,24,29). The van der Waals surface area contributed by atoms with E-state index in [1.54, 1.807) is 22.8 Å². The summed E-state index contributed by atoms with van der Waals surface area (Å²) < 4.78 is 3.07. The number of aromatic nitrogens is 4. The van der Waals surface area contributed by atoms with Crippen LogP contribution in [0.15, 0.2) is 59.7 Å². The predicted molar refractivity (Wildman–Crippen MR) is 118 cm³/mol. The van der Waals surface area contributed by atoms with E-state index in [9.17, 15) is 9.59 Å². The fraction of sp³-hybridized carbons (Fsp3) is 0.0476. The Kier molecular flexibility index (Phi) is 5.33. The maximum absolute atomic E-state index is 13.3. The Morgan fingerprint density at radius 3 is 2.65 bits per heavy atom. The molecule has 0 aliphatic rings. The van der Waals surface area contributed by atoms with Gasteiger partial charge >= 0.3 is 0 Å². The number of nitriles is 1. The summed E-state index contributed by atoms with van der Waals surface area (Å²) in [6, 6.07) is 13.6. The Bertz CT molecular complexity index is 1500. The summed E-state index contributed by atoms with van der Waals surface area (Å²) in [5, 5.41) is 9.82. The molecule has 0 saturated heterocycles. The zero-order chi connectivity index (χ0) is 22.1. The number of fused-ring (bicyclic) bond motifs is 1. The van der Waals surface area contributed by atoms with Crippen LogP contribution in [0.1, 0.15) is 21.6 Å². The van der Waals surface area contributed by atoms with E-state index in [1.807, 2.05) is 12.1 Å². The molecule has 0 radical (unpaired) electrons. The van der Waals surface area contributed by atoms with Crippen LogP contribution in [0.3, 0.4) is 0 Å². The highest BCUT2D eigenvalue weighted by atomic mass is 35.5. The van der Waals surface area contributed by atoms with Crippen LogP contribution in [0.25, 0.3) is 16.7 Å². The largest absolute Gasteiger partial charge is 0.366 e. The Hall–Kier alpha value is -3.87. The van der Waals surface area contributed by atoms with Crippen molar-refractivity contribution in [1.29, 1.82) is 5.26 Å². The van der Waals surface area contributed by atoms with Crippen molar-refractivity contribution >= 4 is 40.6 Å². The summed E-state index contributed by atoms with van der Waals surface area (Å²) in [7, 11) is 0. The van der Waals surface area contributed by atoms with Crippen LogP contribution in [0.5, 0.6) is 0 Å². The average molecular weight is 449 g/mol. The topological polar surface area (TPSA) is 120 Å². The van der Waals surface area contributed by atoms with E-state index in [1.165, 1.54) is 35.2 Å². The number of amides is 1. The molecule has 0 atom stereocenters. The van der Waals surface area contributed by atoms with E-state index >= 15 is 0 Å². The van der Waals surface area contributed by atoms with Gasteiger partial charge in [-0.25, -0.2) is 14.5 Å². The molecule has 10 heteroatoms. The van der Waals surface area contributed by atoms with Crippen molar-refractivity contribution in [3.8, 4) is 11.9 Å². The fourth-order valence-corrected chi connectivity index (χ4v) is 3.74. The molecule has 0 unspecified atom stereocenters. The van der Waals surface area contributed by atoms with Crippen molar-refractivity contribution in [3.05, 3.63) is 91.8 Å². The predicted octanol–water partition coefficient (Wildman–Crippen LogP) is 2.98. The van der Waals surface area contributed by atoms with Crippen LogP contribution >= 0.6 is 23.8 Å². The van der Waals surface area contributed by atoms with Crippen molar-refractivity contribution < 1.29 is 4.79 Å². The molecule has 0 saturated carbocycles. The molecule has 2 heterocycles. The number of nitrogens with two attached hydrogens (primary N) is 1. The van der Waals surface area contributed by atoms with E-state index in [4.69, 9.17) is 34.8 Å². The summed E-state index contributed by atoms with van der Waals surface area (Å²) in [5.41, 5.74) is 6.65. The van der Waals surface area contributed by atoms with Gasteiger partial charge in [0, 0.05) is 10.6 Å². The quantitative estimate of drug-likeness (QED) is 0.479. The van der Waals surface area contributed by atoms with Gasteiger partial charge in [0.2, 0.25) is 5.91 Å². The van der Waals surface area contributed by atoms with Gasteiger partial charge in [-0.05, 0) is 48.1 Å². The van der Waals surface area contributed by atoms with Crippen LogP contribution < -0.4 is 11.3 Å². The fourth-order valence-electron chi connectivity index (χ4n) is 3.19. The van der Waals surface area contributed by atoms with E-state index < -0.39 is 11.5 Å². The zero-order valence-electron chi connectivity index (χ0n) is 15.8. The molecule has 8 nitrogen and oxygen atoms in total. The van der Waals surface area contributed by atoms with Crippen LogP contribution in [0.2, 0.25) is 5.02 Å². The smallest absolute Gasteiger partial charge is 0.268 e. The first-order valence-electron chi connectivity index (χ1n) is 8.95. The second kappa shape index (κ2) is 8.10. The monoisotopic (exact) mass is 448 g/mol. The van der Waals surface area contributed by atoms with Gasteiger partial charge in [-0.2, -0.15) is 5.26 Å². The molecule has 0 aliphatic heterocycles. The van der Waals surface area contributed by atoms with Crippen LogP contribution in [-0.2, 0) is 6.54 Å². The number of hydrogen-bond donors (Lipinski definition) is 1. The first-order chi connectivity index (χ1) is 14.9. The van der Waals surface area contributed by atoms with Gasteiger partial charge in [0.25, 0.3) is 5.56 Å². The Morgan fingerprint density at radius 2 is 2.00 bits per heavy atom. The number of benzene rings is 2. The third kappa shape index (κ3) is 3.82. The van der Waals surface area contributed by atoms with Crippen molar-refractivity contribution in [1.82, 2.24) is 19.1 Å². The first-order valence-corrected chi connectivity index (χ1v) is 9.74. The molecule has 1 amide bonds. The van der Waals surface area contributed by atoms with Gasteiger partial charge in [0.1, 0.15) is 6.07 Å². The highest BCUT2D eigenvalue weighted by Gasteiger charge is 2.16. The van der Waals surface area contributed by atoms with Crippen molar-refractivity contribution in [2.45, 2.75) is 6.54 Å². The second-order valence-corrected chi connectivity index (χ2v) is 7.41. The number of carbonyl (C=O) groups excluding carboxylic acids is 1. The van der Waals surface area contributed by atoms with Gasteiger partial charge in [-0.15, -0.1) is 0 Å². The number of nitrogens with zero attached hydrogens (tertiary/aromatic N) is 5. The number of hydrogen-bond acceptors (Lipinski definition) is 6. The molecule has 0 fully saturated rings. The first kappa shape index (κ1) is 20.4. The van der Waals surface area contributed by atoms with Crippen LogP contribution in [0.4, 0.5) is 0 Å². The second-order valence-electron chi connectivity index (χ2n) is 6.61. The van der Waals surface area contributed by atoms with Crippen LogP contribution in [0, 0.1) is 16.1 Å². The molecule has 2 aromatic carbocycles. The third-order valence-corrected chi connectivity index (χ3v) is 5.28. The molecular formula is C21H13ClN6O2S. The van der Waals surface area contributed by atoms with Crippen molar-refractivity contribution in [2.75, 3.05) is 0 Å². The maximum Gasteiger partial charge on any atom is 0.268 e. The lowest BCUT2D eigenvalue weighted by Crippen LogP contribution is -2.26. The normalized spacial score (nSPS) is 10.7. The summed E-state index contributed by atoms with van der Waals surface area (Å²) in [6.07, 6.45) is 2.57. The van der Waals surface area contributed by atoms with Crippen molar-refractivity contribution in [2.24, 2.45) is 5.73 Å². The molecule has 0 aliphatic carbocycles. The minimum absolute atomic E-state index is 0.112. The van der Waals surface area contributed by atoms with Gasteiger partial charge < -0.3 is 10.3 Å². The van der Waals surface area contributed by atoms with Gasteiger partial charge in [-0.1, -0.05) is 23.7 Å². The maximum atomic E-state index is 13.3. The summed E-state index contributed by atoms with van der Waals surface area (Å²) in [5.74, 6) is -0.445. The number of rotatable bonds is 4. The lowest BCUT2D eigenvalue weighted by Gasteiger charge is -2.16. The highest BCUT2D eigenvalue weighted by Crippen LogP contribution is 2.19. The lowest BCUT2D eigenvalue weighted by molar-refractivity contribution is 0.100. The summed E-state index contributed by atoms with van der Waals surface area (Å²) in [6.45, 7) is 0.280. The summed E-state index contributed by atoms with van der Waals surface area (Å²) in [4.78, 5) is 33.1. The molecule has 31 heavy (non-hydrogen) atoms. The average Bonchev–Trinajstić information content (AvgIpc) is 2.77. The van der Waals surface area contributed by atoms with E-state index in [-0.39, 0.29) is 28.4 Å². The Labute approximate surface area is 185 Å². The number of carbonyl (C=O) groups is 1. The minimum atomic E-state index is -0.621. The van der Waals surface area contributed by atoms with E-state index in [0.29, 0.717) is 15.9 Å². The molecule has 4 rings (SSSR count). The lowest BCUT2D eigenvalue weighted by atomic mass is 10.1. The van der Waals surface area contributed by atoms with E-state index in [0.717, 1.165) is 5.56 Å². The highest BCUT2D eigenvalue weighted by molar-refractivity contribution is 7.71. The van der Waals surface area contributed by atoms with E-state index in [2.05, 4.69) is 9.97 Å². The molecular weight excluding hydrogens is 436 g/mol. The molecule has 4 aromatic rings. The van der Waals surface area contributed by atoms with Crippen molar-refractivity contribution in [3.63, 3.8) is 0 Å². The van der Waals surface area contributed by atoms with Gasteiger partial charge in [-0.3, -0.25) is 9.59 Å². The molecule has 2 N–H and O–H groups in total. The SMILES string of the molecule is N#Cc1cnc(-n2c(=O)c3ccc(C(N)=O)cc3n(Cc3cccc(Cl)c3)c2=S)cn1. The third-order valence-electron chi connectivity index (χ3n) is 4.64. The van der Waals surface area contributed by atoms with Gasteiger partial charge in [0.05, 0.1) is 29.8 Å². The molecule has 152 valence electrons. The Morgan fingerprint density at radius 1 is 1.19 bits per heavy atom. The number of primary amides is 1. The molecule has 0 bridgehead atoms. The van der Waals surface area contributed by atoms with Gasteiger partial charge in [0.15, 0.2) is 16.3 Å². The molecule has 0 spiro atoms. The summed E-state index contributed by atoms with van der Waals surface area (Å²) >= 11 is 11.8. The molecule has 2 aromatic heterocycles. The van der Waals surface area contributed by atoms with Crippen LogP contribution in [-0.4, -0.2) is 25.0 Å². The Balaban J connectivity index is 2.04. The number of halogens is 1.